The van der Waals surface area contributed by atoms with Crippen molar-refractivity contribution in [3.05, 3.63) is 27.7 Å². The maximum Gasteiger partial charge on any atom is 0.196 e. The highest BCUT2D eigenvalue weighted by atomic mass is 79.9. The molecular formula is C14H18BrClN4. The first-order valence-electron chi connectivity index (χ1n) is 6.76. The molecule has 0 atom stereocenters. The third kappa shape index (κ3) is 2.32. The minimum atomic E-state index is 0.0316. The second kappa shape index (κ2) is 5.20. The minimum absolute atomic E-state index is 0.0316. The highest BCUT2D eigenvalue weighted by Crippen LogP contribution is 2.38. The number of anilines is 1. The molecule has 0 unspecified atom stereocenters. The van der Waals surface area contributed by atoms with Crippen LogP contribution in [0.25, 0.3) is 0 Å². The smallest absolute Gasteiger partial charge is 0.196 e. The number of guanidine groups is 1. The van der Waals surface area contributed by atoms with Crippen molar-refractivity contribution in [2.24, 2.45) is 10.7 Å². The van der Waals surface area contributed by atoms with Gasteiger partial charge in [0.25, 0.3) is 0 Å². The van der Waals surface area contributed by atoms with Crippen LogP contribution >= 0.6 is 27.5 Å². The number of halogens is 2. The third-order valence-corrected chi connectivity index (χ3v) is 5.53. The Kier molecular flexibility index (Phi) is 3.69. The van der Waals surface area contributed by atoms with Gasteiger partial charge in [-0.1, -0.05) is 11.6 Å². The molecule has 4 nitrogen and oxygen atoms in total. The Morgan fingerprint density at radius 2 is 2.05 bits per heavy atom. The van der Waals surface area contributed by atoms with Crippen LogP contribution in [0.2, 0.25) is 5.02 Å². The molecule has 2 aliphatic heterocycles. The van der Waals surface area contributed by atoms with Gasteiger partial charge in [-0.2, -0.15) is 0 Å². The zero-order valence-electron chi connectivity index (χ0n) is 11.4. The molecule has 20 heavy (non-hydrogen) atoms. The van der Waals surface area contributed by atoms with Crippen molar-refractivity contribution >= 4 is 39.2 Å². The molecule has 6 heteroatoms. The SMILES string of the molecule is CN1CCC2(CC1)CN=C(N)N2c1ccc(Cl)c(Br)c1. The van der Waals surface area contributed by atoms with E-state index >= 15 is 0 Å². The number of benzene rings is 1. The molecule has 2 aliphatic rings. The fraction of sp³-hybridized carbons (Fsp3) is 0.500. The summed E-state index contributed by atoms with van der Waals surface area (Å²) in [5.41, 5.74) is 7.24. The van der Waals surface area contributed by atoms with Gasteiger partial charge in [0.15, 0.2) is 5.96 Å². The van der Waals surface area contributed by atoms with Gasteiger partial charge in [0, 0.05) is 23.2 Å². The van der Waals surface area contributed by atoms with Crippen LogP contribution < -0.4 is 10.6 Å². The fourth-order valence-corrected chi connectivity index (χ4v) is 3.54. The Balaban J connectivity index is 1.96. The van der Waals surface area contributed by atoms with Crippen LogP contribution in [0.1, 0.15) is 12.8 Å². The Morgan fingerprint density at radius 1 is 1.35 bits per heavy atom. The van der Waals surface area contributed by atoms with Gasteiger partial charge in [-0.25, -0.2) is 0 Å². The molecule has 1 saturated heterocycles. The summed E-state index contributed by atoms with van der Waals surface area (Å²) in [6, 6.07) is 5.94. The van der Waals surface area contributed by atoms with Crippen LogP contribution in [0.3, 0.4) is 0 Å². The van der Waals surface area contributed by atoms with E-state index in [0.717, 1.165) is 42.6 Å². The van der Waals surface area contributed by atoms with Crippen molar-refractivity contribution < 1.29 is 0 Å². The standard InChI is InChI=1S/C14H18BrClN4/c1-19-6-4-14(5-7-19)9-18-13(17)20(14)10-2-3-12(16)11(15)8-10/h2-3,8H,4-7,9H2,1H3,(H2,17,18). The van der Waals surface area contributed by atoms with Crippen LogP contribution in [-0.4, -0.2) is 43.1 Å². The normalized spacial score (nSPS) is 22.4. The number of aliphatic imine (C=N–C) groups is 1. The highest BCUT2D eigenvalue weighted by Gasteiger charge is 2.44. The van der Waals surface area contributed by atoms with E-state index in [1.165, 1.54) is 0 Å². The third-order valence-electron chi connectivity index (χ3n) is 4.32. The van der Waals surface area contributed by atoms with Gasteiger partial charge >= 0.3 is 0 Å². The van der Waals surface area contributed by atoms with Crippen molar-refractivity contribution in [3.8, 4) is 0 Å². The molecule has 0 amide bonds. The summed E-state index contributed by atoms with van der Waals surface area (Å²) in [6.07, 6.45) is 2.15. The maximum atomic E-state index is 6.15. The Labute approximate surface area is 132 Å². The lowest BCUT2D eigenvalue weighted by Gasteiger charge is -2.44. The molecule has 108 valence electrons. The van der Waals surface area contributed by atoms with Gasteiger partial charge in [-0.3, -0.25) is 4.99 Å². The number of piperidine rings is 1. The second-order valence-corrected chi connectivity index (χ2v) is 6.90. The average Bonchev–Trinajstić information content (AvgIpc) is 2.74. The summed E-state index contributed by atoms with van der Waals surface area (Å²) in [5, 5.41) is 0.709. The molecule has 0 bridgehead atoms. The summed E-state index contributed by atoms with van der Waals surface area (Å²) in [5.74, 6) is 0.615. The molecular weight excluding hydrogens is 340 g/mol. The van der Waals surface area contributed by atoms with Crippen LogP contribution in [0.5, 0.6) is 0 Å². The number of nitrogens with two attached hydrogens (primary N) is 1. The number of hydrogen-bond acceptors (Lipinski definition) is 4. The first kappa shape index (κ1) is 14.2. The summed E-state index contributed by atoms with van der Waals surface area (Å²) in [4.78, 5) is 9.05. The zero-order valence-corrected chi connectivity index (χ0v) is 13.8. The lowest BCUT2D eigenvalue weighted by atomic mass is 9.86. The molecule has 3 rings (SSSR count). The van der Waals surface area contributed by atoms with Gasteiger partial charge in [0.1, 0.15) is 0 Å². The second-order valence-electron chi connectivity index (χ2n) is 5.64. The van der Waals surface area contributed by atoms with Crippen molar-refractivity contribution in [3.63, 3.8) is 0 Å². The lowest BCUT2D eigenvalue weighted by Crippen LogP contribution is -2.57. The van der Waals surface area contributed by atoms with Gasteiger partial charge < -0.3 is 15.5 Å². The number of hydrogen-bond donors (Lipinski definition) is 1. The molecule has 1 aromatic carbocycles. The monoisotopic (exact) mass is 356 g/mol. The summed E-state index contributed by atoms with van der Waals surface area (Å²) < 4.78 is 0.888. The van der Waals surface area contributed by atoms with Crippen molar-refractivity contribution in [2.75, 3.05) is 31.6 Å². The van der Waals surface area contributed by atoms with Crippen LogP contribution in [0, 0.1) is 0 Å². The van der Waals surface area contributed by atoms with E-state index in [-0.39, 0.29) is 5.54 Å². The molecule has 0 aliphatic carbocycles. The predicted molar refractivity (Wildman–Crippen MR) is 87.6 cm³/mol. The molecule has 1 aromatic rings. The number of nitrogens with zero attached hydrogens (tertiary/aromatic N) is 3. The molecule has 1 spiro atoms. The zero-order chi connectivity index (χ0) is 14.3. The van der Waals surface area contributed by atoms with E-state index in [1.54, 1.807) is 0 Å². The summed E-state index contributed by atoms with van der Waals surface area (Å²) in [7, 11) is 2.16. The molecule has 2 N–H and O–H groups in total. The summed E-state index contributed by atoms with van der Waals surface area (Å²) >= 11 is 9.57. The van der Waals surface area contributed by atoms with Crippen molar-refractivity contribution in [1.29, 1.82) is 0 Å². The van der Waals surface area contributed by atoms with E-state index < -0.39 is 0 Å². The largest absolute Gasteiger partial charge is 0.369 e. The number of likely N-dealkylation sites (tertiary alicyclic amines) is 1. The maximum absolute atomic E-state index is 6.15. The van der Waals surface area contributed by atoms with E-state index in [2.05, 4.69) is 37.8 Å². The highest BCUT2D eigenvalue weighted by molar-refractivity contribution is 9.10. The van der Waals surface area contributed by atoms with Crippen molar-refractivity contribution in [1.82, 2.24) is 4.90 Å². The molecule has 0 aromatic heterocycles. The predicted octanol–water partition coefficient (Wildman–Crippen LogP) is 2.70. The van der Waals surface area contributed by atoms with Gasteiger partial charge in [-0.05, 0) is 54.0 Å². The minimum Gasteiger partial charge on any atom is -0.369 e. The van der Waals surface area contributed by atoms with Crippen LogP contribution in [0.4, 0.5) is 5.69 Å². The Bertz CT molecular complexity index is 552. The quantitative estimate of drug-likeness (QED) is 0.840. The molecule has 0 radical (unpaired) electrons. The fourth-order valence-electron chi connectivity index (χ4n) is 3.06. The molecule has 0 saturated carbocycles. The van der Waals surface area contributed by atoms with Crippen LogP contribution in [-0.2, 0) is 0 Å². The van der Waals surface area contributed by atoms with Gasteiger partial charge in [0.05, 0.1) is 17.1 Å². The molecule has 1 fully saturated rings. The Hall–Kier alpha value is -0.780. The van der Waals surface area contributed by atoms with Crippen LogP contribution in [0.15, 0.2) is 27.7 Å². The van der Waals surface area contributed by atoms with Gasteiger partial charge in [0.2, 0.25) is 0 Å². The van der Waals surface area contributed by atoms with E-state index in [1.807, 2.05) is 18.2 Å². The first-order chi connectivity index (χ1) is 9.52. The van der Waals surface area contributed by atoms with E-state index in [0.29, 0.717) is 11.0 Å². The topological polar surface area (TPSA) is 44.9 Å². The number of rotatable bonds is 1. The van der Waals surface area contributed by atoms with Crippen molar-refractivity contribution in [2.45, 2.75) is 18.4 Å². The average molecular weight is 358 g/mol. The lowest BCUT2D eigenvalue weighted by molar-refractivity contribution is 0.202. The Morgan fingerprint density at radius 3 is 2.70 bits per heavy atom. The molecule has 2 heterocycles. The van der Waals surface area contributed by atoms with Gasteiger partial charge in [-0.15, -0.1) is 0 Å². The van der Waals surface area contributed by atoms with E-state index in [9.17, 15) is 0 Å². The van der Waals surface area contributed by atoms with E-state index in [4.69, 9.17) is 17.3 Å². The first-order valence-corrected chi connectivity index (χ1v) is 7.93. The summed E-state index contributed by atoms with van der Waals surface area (Å²) in [6.45, 7) is 2.94.